The van der Waals surface area contributed by atoms with E-state index in [1.165, 1.54) is 10.6 Å². The maximum atomic E-state index is 11.3. The van der Waals surface area contributed by atoms with Crippen LogP contribution in [0.25, 0.3) is 16.5 Å². The number of benzene rings is 2. The van der Waals surface area contributed by atoms with Crippen LogP contribution in [0.3, 0.4) is 0 Å². The Morgan fingerprint density at radius 2 is 1.60 bits per heavy atom. The Morgan fingerprint density at radius 1 is 1.00 bits per heavy atom. The maximum Gasteiger partial charge on any atom is 0.277 e. The lowest BCUT2D eigenvalue weighted by atomic mass is 9.95. The Balaban J connectivity index is 1.82. The summed E-state index contributed by atoms with van der Waals surface area (Å²) in [6, 6.07) is 9.85. The molecule has 3 heterocycles. The number of aromatic hydroxyl groups is 2. The number of hydrogen-bond donors (Lipinski definition) is 2. The highest BCUT2D eigenvalue weighted by Crippen LogP contribution is 2.58. The standard InChI is InChI=1S/C18H14N2O5/c21-17-15-13-7-8-14(25-13)16(15)18(22)19(17)11-5-6-12(20(23)24)10-4-2-1-3-9(10)11/h1-6,13-14,21-22H,7-8H2/t13-,14+. The van der Waals surface area contributed by atoms with Crippen molar-refractivity contribution in [3.05, 3.63) is 57.6 Å². The second-order valence-corrected chi connectivity index (χ2v) is 6.41. The van der Waals surface area contributed by atoms with E-state index in [-0.39, 0.29) is 29.7 Å². The van der Waals surface area contributed by atoms with Gasteiger partial charge in [0.1, 0.15) is 0 Å². The zero-order chi connectivity index (χ0) is 17.3. The second-order valence-electron chi connectivity index (χ2n) is 6.41. The Labute approximate surface area is 141 Å². The fraction of sp³-hybridized carbons (Fsp3) is 0.222. The molecular weight excluding hydrogens is 324 g/mol. The fourth-order valence-electron chi connectivity index (χ4n) is 4.13. The number of nitro benzene ring substituents is 1. The summed E-state index contributed by atoms with van der Waals surface area (Å²) >= 11 is 0. The van der Waals surface area contributed by atoms with Crippen LogP contribution in [0, 0.1) is 10.1 Å². The van der Waals surface area contributed by atoms with Crippen molar-refractivity contribution in [3.63, 3.8) is 0 Å². The van der Waals surface area contributed by atoms with Crippen molar-refractivity contribution in [1.82, 2.24) is 4.57 Å². The molecule has 0 unspecified atom stereocenters. The molecular formula is C18H14N2O5. The van der Waals surface area contributed by atoms with Gasteiger partial charge in [0.15, 0.2) is 0 Å². The van der Waals surface area contributed by atoms with Crippen LogP contribution in [0.1, 0.15) is 36.2 Å². The smallest absolute Gasteiger partial charge is 0.277 e. The molecule has 0 saturated carbocycles. The molecule has 7 nitrogen and oxygen atoms in total. The summed E-state index contributed by atoms with van der Waals surface area (Å²) in [5, 5.41) is 33.8. The van der Waals surface area contributed by atoms with Crippen molar-refractivity contribution < 1.29 is 19.9 Å². The molecule has 0 amide bonds. The average Bonchev–Trinajstić information content (AvgIpc) is 3.28. The number of nitro groups is 1. The molecule has 2 bridgehead atoms. The van der Waals surface area contributed by atoms with E-state index in [1.807, 2.05) is 0 Å². The highest BCUT2D eigenvalue weighted by molar-refractivity contribution is 5.97. The Morgan fingerprint density at radius 3 is 2.20 bits per heavy atom. The molecule has 126 valence electrons. The van der Waals surface area contributed by atoms with Gasteiger partial charge in [0.25, 0.3) is 5.69 Å². The topological polar surface area (TPSA) is 97.8 Å². The summed E-state index contributed by atoms with van der Waals surface area (Å²) < 4.78 is 7.12. The number of fused-ring (bicyclic) bond motifs is 6. The molecule has 7 heteroatoms. The number of nitrogens with zero attached hydrogens (tertiary/aromatic N) is 2. The van der Waals surface area contributed by atoms with Gasteiger partial charge in [0.05, 0.1) is 39.3 Å². The summed E-state index contributed by atoms with van der Waals surface area (Å²) in [5.74, 6) is -0.114. The molecule has 5 rings (SSSR count). The van der Waals surface area contributed by atoms with Crippen molar-refractivity contribution in [1.29, 1.82) is 0 Å². The summed E-state index contributed by atoms with van der Waals surface area (Å²) in [6.07, 6.45) is 1.23. The van der Waals surface area contributed by atoms with Gasteiger partial charge in [-0.25, -0.2) is 0 Å². The largest absolute Gasteiger partial charge is 0.494 e. The monoisotopic (exact) mass is 338 g/mol. The van der Waals surface area contributed by atoms with Gasteiger partial charge in [0, 0.05) is 11.5 Å². The predicted octanol–water partition coefficient (Wildman–Crippen LogP) is 3.86. The van der Waals surface area contributed by atoms with Crippen molar-refractivity contribution >= 4 is 16.5 Å². The van der Waals surface area contributed by atoms with Crippen LogP contribution in [0.5, 0.6) is 11.8 Å². The van der Waals surface area contributed by atoms with Crippen LogP contribution in [-0.2, 0) is 4.74 Å². The third-order valence-electron chi connectivity index (χ3n) is 5.17. The molecule has 3 aromatic rings. The van der Waals surface area contributed by atoms with Crippen molar-refractivity contribution in [2.45, 2.75) is 25.0 Å². The molecule has 2 aromatic carbocycles. The summed E-state index contributed by atoms with van der Waals surface area (Å²) in [4.78, 5) is 10.9. The first-order chi connectivity index (χ1) is 12.1. The summed E-state index contributed by atoms with van der Waals surface area (Å²) in [5.41, 5.74) is 1.76. The van der Waals surface area contributed by atoms with Crippen molar-refractivity contribution in [2.75, 3.05) is 0 Å². The first-order valence-corrected chi connectivity index (χ1v) is 8.06. The second kappa shape index (κ2) is 4.73. The van der Waals surface area contributed by atoms with Crippen molar-refractivity contribution in [2.24, 2.45) is 0 Å². The Bertz CT molecular complexity index is 1020. The molecule has 0 radical (unpaired) electrons. The molecule has 2 N–H and O–H groups in total. The predicted molar refractivity (Wildman–Crippen MR) is 89.1 cm³/mol. The molecule has 1 fully saturated rings. The van der Waals surface area contributed by atoms with E-state index in [2.05, 4.69) is 0 Å². The Kier molecular flexibility index (Phi) is 2.71. The number of non-ortho nitro benzene ring substituents is 1. The lowest BCUT2D eigenvalue weighted by Gasteiger charge is -2.13. The molecule has 1 aromatic heterocycles. The van der Waals surface area contributed by atoms with E-state index in [9.17, 15) is 20.3 Å². The summed E-state index contributed by atoms with van der Waals surface area (Å²) in [7, 11) is 0. The minimum atomic E-state index is -0.435. The number of ether oxygens (including phenoxy) is 1. The SMILES string of the molecule is O=[N+]([O-])c1ccc(-n2c(O)c3c(c2O)[C@H]2CC[C@@H]3O2)c2ccccc12. The van der Waals surface area contributed by atoms with Gasteiger partial charge in [-0.1, -0.05) is 18.2 Å². The van der Waals surface area contributed by atoms with Gasteiger partial charge in [-0.05, 0) is 25.0 Å². The summed E-state index contributed by atoms with van der Waals surface area (Å²) in [6.45, 7) is 0. The van der Waals surface area contributed by atoms with E-state index in [4.69, 9.17) is 4.74 Å². The van der Waals surface area contributed by atoms with Gasteiger partial charge in [0.2, 0.25) is 11.8 Å². The average molecular weight is 338 g/mol. The van der Waals surface area contributed by atoms with Gasteiger partial charge >= 0.3 is 0 Å². The van der Waals surface area contributed by atoms with E-state index in [1.54, 1.807) is 30.3 Å². The van der Waals surface area contributed by atoms with Crippen LogP contribution in [0.4, 0.5) is 5.69 Å². The molecule has 2 aliphatic heterocycles. The Hall–Kier alpha value is -3.06. The molecule has 0 spiro atoms. The molecule has 2 atom stereocenters. The quantitative estimate of drug-likeness (QED) is 0.546. The van der Waals surface area contributed by atoms with Crippen LogP contribution < -0.4 is 0 Å². The van der Waals surface area contributed by atoms with Gasteiger partial charge in [-0.3, -0.25) is 14.7 Å². The third kappa shape index (κ3) is 1.73. The molecule has 1 saturated heterocycles. The van der Waals surface area contributed by atoms with Gasteiger partial charge in [-0.2, -0.15) is 0 Å². The lowest BCUT2D eigenvalue weighted by Crippen LogP contribution is -1.99. The fourth-order valence-corrected chi connectivity index (χ4v) is 4.13. The first-order valence-electron chi connectivity index (χ1n) is 8.06. The normalized spacial score (nSPS) is 21.0. The molecule has 2 aliphatic rings. The lowest BCUT2D eigenvalue weighted by molar-refractivity contribution is -0.383. The first kappa shape index (κ1) is 14.3. The zero-order valence-corrected chi connectivity index (χ0v) is 13.0. The minimum absolute atomic E-state index is 0.0126. The van der Waals surface area contributed by atoms with E-state index >= 15 is 0 Å². The minimum Gasteiger partial charge on any atom is -0.494 e. The highest BCUT2D eigenvalue weighted by atomic mass is 16.6. The number of hydrogen-bond acceptors (Lipinski definition) is 5. The van der Waals surface area contributed by atoms with Crippen LogP contribution in [0.2, 0.25) is 0 Å². The molecule has 0 aliphatic carbocycles. The van der Waals surface area contributed by atoms with E-state index in [0.717, 1.165) is 12.8 Å². The van der Waals surface area contributed by atoms with E-state index < -0.39 is 4.92 Å². The number of rotatable bonds is 2. The van der Waals surface area contributed by atoms with Crippen LogP contribution >= 0.6 is 0 Å². The molecule has 25 heavy (non-hydrogen) atoms. The number of aromatic nitrogens is 1. The van der Waals surface area contributed by atoms with Crippen LogP contribution in [0.15, 0.2) is 36.4 Å². The highest BCUT2D eigenvalue weighted by Gasteiger charge is 2.45. The third-order valence-corrected chi connectivity index (χ3v) is 5.17. The van der Waals surface area contributed by atoms with Gasteiger partial charge in [-0.15, -0.1) is 0 Å². The van der Waals surface area contributed by atoms with Crippen molar-refractivity contribution in [3.8, 4) is 17.4 Å². The van der Waals surface area contributed by atoms with Gasteiger partial charge < -0.3 is 14.9 Å². The van der Waals surface area contributed by atoms with E-state index in [0.29, 0.717) is 27.6 Å². The zero-order valence-electron chi connectivity index (χ0n) is 13.0. The van der Waals surface area contributed by atoms with Crippen LogP contribution in [-0.4, -0.2) is 19.7 Å². The maximum absolute atomic E-state index is 11.3.